The number of likely N-dealkylation sites (N-methyl/N-ethyl adjacent to an activating group) is 1. The number of hydrogen-bond donors (Lipinski definition) is 2. The summed E-state index contributed by atoms with van der Waals surface area (Å²) in [5, 5.41) is 4.10. The Hall–Kier alpha value is -1.85. The maximum Gasteiger partial charge on any atom is 0.253 e. The van der Waals surface area contributed by atoms with Gasteiger partial charge < -0.3 is 15.2 Å². The number of carbonyl (C=O) groups is 1. The zero-order valence-corrected chi connectivity index (χ0v) is 12.4. The summed E-state index contributed by atoms with van der Waals surface area (Å²) in [7, 11) is 2.15. The molecule has 0 saturated carbocycles. The van der Waals surface area contributed by atoms with Crippen LogP contribution in [0.2, 0.25) is 0 Å². The Kier molecular flexibility index (Phi) is 4.22. The number of hydrogen-bond acceptors (Lipinski definition) is 3. The van der Waals surface area contributed by atoms with Crippen molar-refractivity contribution in [2.45, 2.75) is 0 Å². The highest BCUT2D eigenvalue weighted by atomic mass is 16.1. The Labute approximate surface area is 124 Å². The molecule has 2 aromatic rings. The standard InChI is InChI=1S/C16H22N4O/c1-19-9-11-20(12-10-19)8-7-18-16(21)14-4-2-3-13-5-6-17-15(13)14/h2-6,17H,7-12H2,1H3,(H,18,21). The maximum absolute atomic E-state index is 12.3. The number of rotatable bonds is 4. The van der Waals surface area contributed by atoms with Crippen LogP contribution in [0.15, 0.2) is 30.5 Å². The number of nitrogens with zero attached hydrogens (tertiary/aromatic N) is 2. The summed E-state index contributed by atoms with van der Waals surface area (Å²) < 4.78 is 0. The molecular weight excluding hydrogens is 264 g/mol. The number of carbonyl (C=O) groups excluding carboxylic acids is 1. The zero-order chi connectivity index (χ0) is 14.7. The van der Waals surface area contributed by atoms with Crippen LogP contribution < -0.4 is 5.32 Å². The van der Waals surface area contributed by atoms with Crippen LogP contribution in [0, 0.1) is 0 Å². The van der Waals surface area contributed by atoms with Gasteiger partial charge in [0.05, 0.1) is 11.1 Å². The molecule has 0 atom stereocenters. The second-order valence-electron chi connectivity index (χ2n) is 5.65. The first kappa shape index (κ1) is 14.1. The van der Waals surface area contributed by atoms with E-state index >= 15 is 0 Å². The molecule has 0 bridgehead atoms. The van der Waals surface area contributed by atoms with Crippen molar-refractivity contribution in [3.05, 3.63) is 36.0 Å². The number of aromatic amines is 1. The molecule has 2 heterocycles. The summed E-state index contributed by atoms with van der Waals surface area (Å²) in [4.78, 5) is 20.2. The van der Waals surface area contributed by atoms with Gasteiger partial charge in [-0.1, -0.05) is 12.1 Å². The topological polar surface area (TPSA) is 51.4 Å². The van der Waals surface area contributed by atoms with Crippen LogP contribution in [-0.4, -0.2) is 67.0 Å². The summed E-state index contributed by atoms with van der Waals surface area (Å²) in [5.74, 6) is -0.00261. The lowest BCUT2D eigenvalue weighted by atomic mass is 10.1. The molecule has 0 spiro atoms. The van der Waals surface area contributed by atoms with Gasteiger partial charge in [0.15, 0.2) is 0 Å². The predicted molar refractivity (Wildman–Crippen MR) is 84.6 cm³/mol. The van der Waals surface area contributed by atoms with E-state index in [4.69, 9.17) is 0 Å². The van der Waals surface area contributed by atoms with Gasteiger partial charge in [0.1, 0.15) is 0 Å². The Bertz CT molecular complexity index is 614. The third kappa shape index (κ3) is 3.25. The van der Waals surface area contributed by atoms with E-state index in [0.717, 1.165) is 49.2 Å². The van der Waals surface area contributed by atoms with Crippen molar-refractivity contribution in [1.29, 1.82) is 0 Å². The Morgan fingerprint density at radius 2 is 2.05 bits per heavy atom. The molecule has 1 fully saturated rings. The average Bonchev–Trinajstić information content (AvgIpc) is 2.97. The number of amides is 1. The average molecular weight is 286 g/mol. The van der Waals surface area contributed by atoms with Crippen LogP contribution in [0.25, 0.3) is 10.9 Å². The molecule has 1 aromatic heterocycles. The van der Waals surface area contributed by atoms with Crippen molar-refractivity contribution < 1.29 is 4.79 Å². The predicted octanol–water partition coefficient (Wildman–Crippen LogP) is 1.15. The number of para-hydroxylation sites is 1. The minimum atomic E-state index is -0.00261. The third-order valence-electron chi connectivity index (χ3n) is 4.14. The number of fused-ring (bicyclic) bond motifs is 1. The lowest BCUT2D eigenvalue weighted by Crippen LogP contribution is -2.46. The Morgan fingerprint density at radius 1 is 1.24 bits per heavy atom. The van der Waals surface area contributed by atoms with Crippen LogP contribution in [0.4, 0.5) is 0 Å². The van der Waals surface area contributed by atoms with E-state index in [2.05, 4.69) is 27.1 Å². The van der Waals surface area contributed by atoms with Crippen molar-refractivity contribution in [2.75, 3.05) is 46.3 Å². The van der Waals surface area contributed by atoms with Crippen molar-refractivity contribution in [3.63, 3.8) is 0 Å². The molecule has 1 saturated heterocycles. The molecule has 1 aliphatic heterocycles. The number of nitrogens with one attached hydrogen (secondary N) is 2. The number of H-pyrrole nitrogens is 1. The molecule has 2 N–H and O–H groups in total. The highest BCUT2D eigenvalue weighted by Crippen LogP contribution is 2.16. The second kappa shape index (κ2) is 6.28. The van der Waals surface area contributed by atoms with Gasteiger partial charge >= 0.3 is 0 Å². The van der Waals surface area contributed by atoms with E-state index in [0.29, 0.717) is 6.54 Å². The molecular formula is C16H22N4O. The van der Waals surface area contributed by atoms with Crippen LogP contribution in [-0.2, 0) is 0 Å². The first-order chi connectivity index (χ1) is 10.2. The number of piperazine rings is 1. The fourth-order valence-corrected chi connectivity index (χ4v) is 2.77. The van der Waals surface area contributed by atoms with Crippen LogP contribution >= 0.6 is 0 Å². The van der Waals surface area contributed by atoms with Gasteiger partial charge in [-0.25, -0.2) is 0 Å². The van der Waals surface area contributed by atoms with E-state index < -0.39 is 0 Å². The Balaban J connectivity index is 1.54. The smallest absolute Gasteiger partial charge is 0.253 e. The van der Waals surface area contributed by atoms with E-state index in [1.807, 2.05) is 30.5 Å². The van der Waals surface area contributed by atoms with E-state index in [1.165, 1.54) is 0 Å². The molecule has 1 amide bonds. The molecule has 5 heteroatoms. The minimum absolute atomic E-state index is 0.00261. The van der Waals surface area contributed by atoms with Gasteiger partial charge in [-0.2, -0.15) is 0 Å². The zero-order valence-electron chi connectivity index (χ0n) is 12.4. The molecule has 21 heavy (non-hydrogen) atoms. The van der Waals surface area contributed by atoms with Gasteiger partial charge in [-0.05, 0) is 19.2 Å². The highest BCUT2D eigenvalue weighted by molar-refractivity contribution is 6.05. The van der Waals surface area contributed by atoms with Crippen molar-refractivity contribution in [1.82, 2.24) is 20.1 Å². The molecule has 0 unspecified atom stereocenters. The van der Waals surface area contributed by atoms with Crippen molar-refractivity contribution in [2.24, 2.45) is 0 Å². The quantitative estimate of drug-likeness (QED) is 0.886. The van der Waals surface area contributed by atoms with Gasteiger partial charge in [0.2, 0.25) is 0 Å². The maximum atomic E-state index is 12.3. The molecule has 1 aromatic carbocycles. The fourth-order valence-electron chi connectivity index (χ4n) is 2.77. The van der Waals surface area contributed by atoms with E-state index in [9.17, 15) is 4.79 Å². The largest absolute Gasteiger partial charge is 0.361 e. The molecule has 3 rings (SSSR count). The summed E-state index contributed by atoms with van der Waals surface area (Å²) in [5.41, 5.74) is 1.63. The SMILES string of the molecule is CN1CCN(CCNC(=O)c2cccc3cc[nH]c23)CC1. The molecule has 1 aliphatic rings. The summed E-state index contributed by atoms with van der Waals surface area (Å²) in [6.07, 6.45) is 1.87. The van der Waals surface area contributed by atoms with Crippen molar-refractivity contribution >= 4 is 16.8 Å². The summed E-state index contributed by atoms with van der Waals surface area (Å²) in [6, 6.07) is 7.78. The van der Waals surface area contributed by atoms with E-state index in [1.54, 1.807) is 0 Å². The van der Waals surface area contributed by atoms with Crippen LogP contribution in [0.5, 0.6) is 0 Å². The third-order valence-corrected chi connectivity index (χ3v) is 4.14. The molecule has 112 valence electrons. The number of benzene rings is 1. The summed E-state index contributed by atoms with van der Waals surface area (Å²) >= 11 is 0. The summed E-state index contributed by atoms with van der Waals surface area (Å²) in [6.45, 7) is 5.99. The van der Waals surface area contributed by atoms with Gasteiger partial charge in [-0.15, -0.1) is 0 Å². The monoisotopic (exact) mass is 286 g/mol. The minimum Gasteiger partial charge on any atom is -0.361 e. The number of aromatic nitrogens is 1. The fraction of sp³-hybridized carbons (Fsp3) is 0.438. The first-order valence-corrected chi connectivity index (χ1v) is 7.49. The van der Waals surface area contributed by atoms with Gasteiger partial charge in [0.25, 0.3) is 5.91 Å². The van der Waals surface area contributed by atoms with E-state index in [-0.39, 0.29) is 5.91 Å². The van der Waals surface area contributed by atoms with Crippen LogP contribution in [0.1, 0.15) is 10.4 Å². The normalized spacial score (nSPS) is 17.2. The first-order valence-electron chi connectivity index (χ1n) is 7.49. The highest BCUT2D eigenvalue weighted by Gasteiger charge is 2.14. The Morgan fingerprint density at radius 3 is 2.86 bits per heavy atom. The molecule has 0 radical (unpaired) electrons. The van der Waals surface area contributed by atoms with Crippen molar-refractivity contribution in [3.8, 4) is 0 Å². The molecule has 0 aliphatic carbocycles. The van der Waals surface area contributed by atoms with Gasteiger partial charge in [0, 0.05) is 50.9 Å². The lowest BCUT2D eigenvalue weighted by Gasteiger charge is -2.32. The molecule has 5 nitrogen and oxygen atoms in total. The van der Waals surface area contributed by atoms with Gasteiger partial charge in [-0.3, -0.25) is 9.69 Å². The lowest BCUT2D eigenvalue weighted by molar-refractivity contribution is 0.0942. The second-order valence-corrected chi connectivity index (χ2v) is 5.65. The van der Waals surface area contributed by atoms with Crippen LogP contribution in [0.3, 0.4) is 0 Å².